The Morgan fingerprint density at radius 1 is 1.04 bits per heavy atom. The Morgan fingerprint density at radius 3 is 2.44 bits per heavy atom. The lowest BCUT2D eigenvalue weighted by Gasteiger charge is -2.29. The van der Waals surface area contributed by atoms with E-state index in [0.717, 1.165) is 51.4 Å². The van der Waals surface area contributed by atoms with E-state index in [1.54, 1.807) is 0 Å². The SMILES string of the molecule is CCCCOC(=O)C1CCCCC1OC(=O)c1ccc(CCC)cc1. The minimum atomic E-state index is -0.370. The van der Waals surface area contributed by atoms with Crippen molar-refractivity contribution in [2.75, 3.05) is 6.61 Å². The number of hydrogen-bond donors (Lipinski definition) is 0. The van der Waals surface area contributed by atoms with Crippen LogP contribution in [0.5, 0.6) is 0 Å². The van der Waals surface area contributed by atoms with E-state index >= 15 is 0 Å². The monoisotopic (exact) mass is 346 g/mol. The maximum atomic E-state index is 12.4. The van der Waals surface area contributed by atoms with E-state index in [-0.39, 0.29) is 24.0 Å². The second-order valence-electron chi connectivity index (χ2n) is 6.80. The van der Waals surface area contributed by atoms with Crippen molar-refractivity contribution < 1.29 is 19.1 Å². The van der Waals surface area contributed by atoms with E-state index in [4.69, 9.17) is 9.47 Å². The summed E-state index contributed by atoms with van der Waals surface area (Å²) >= 11 is 0. The predicted molar refractivity (Wildman–Crippen MR) is 97.5 cm³/mol. The summed E-state index contributed by atoms with van der Waals surface area (Å²) in [6.07, 6.45) is 6.99. The Hall–Kier alpha value is -1.84. The molecule has 1 fully saturated rings. The molecular formula is C21H30O4. The van der Waals surface area contributed by atoms with Gasteiger partial charge >= 0.3 is 11.9 Å². The standard InChI is InChI=1S/C21H30O4/c1-3-5-15-24-21(23)18-9-6-7-10-19(18)25-20(22)17-13-11-16(8-4-2)12-14-17/h11-14,18-19H,3-10,15H2,1-2H3. The number of carbonyl (C=O) groups is 2. The molecule has 0 saturated heterocycles. The fourth-order valence-corrected chi connectivity index (χ4v) is 3.23. The molecular weight excluding hydrogens is 316 g/mol. The minimum absolute atomic E-state index is 0.218. The van der Waals surface area contributed by atoms with Gasteiger partial charge in [0.15, 0.2) is 0 Å². The number of unbranched alkanes of at least 4 members (excludes halogenated alkanes) is 1. The first kappa shape index (κ1) is 19.5. The Bertz CT molecular complexity index is 550. The Balaban J connectivity index is 1.95. The van der Waals surface area contributed by atoms with E-state index in [1.807, 2.05) is 24.3 Å². The van der Waals surface area contributed by atoms with Crippen LogP contribution in [0.1, 0.15) is 74.7 Å². The summed E-state index contributed by atoms with van der Waals surface area (Å²) in [6, 6.07) is 7.56. The van der Waals surface area contributed by atoms with Crippen LogP contribution in [0.15, 0.2) is 24.3 Å². The van der Waals surface area contributed by atoms with Crippen LogP contribution in [-0.2, 0) is 20.7 Å². The molecule has 1 aromatic rings. The van der Waals surface area contributed by atoms with E-state index in [0.29, 0.717) is 12.2 Å². The molecule has 0 spiro atoms. The average molecular weight is 346 g/mol. The highest BCUT2D eigenvalue weighted by Crippen LogP contribution is 2.29. The van der Waals surface area contributed by atoms with E-state index < -0.39 is 0 Å². The number of carbonyl (C=O) groups excluding carboxylic acids is 2. The van der Waals surface area contributed by atoms with Gasteiger partial charge < -0.3 is 9.47 Å². The molecule has 1 aromatic carbocycles. The van der Waals surface area contributed by atoms with Gasteiger partial charge in [0.05, 0.1) is 18.1 Å². The first-order chi connectivity index (χ1) is 12.2. The van der Waals surface area contributed by atoms with Gasteiger partial charge in [-0.3, -0.25) is 4.79 Å². The predicted octanol–water partition coefficient (Wildman–Crippen LogP) is 4.70. The maximum Gasteiger partial charge on any atom is 0.338 e. The molecule has 2 unspecified atom stereocenters. The van der Waals surface area contributed by atoms with Crippen LogP contribution in [0.25, 0.3) is 0 Å². The Kier molecular flexibility index (Phi) is 7.96. The van der Waals surface area contributed by atoms with Crippen molar-refractivity contribution >= 4 is 11.9 Å². The smallest absolute Gasteiger partial charge is 0.338 e. The van der Waals surface area contributed by atoms with Gasteiger partial charge in [0.2, 0.25) is 0 Å². The second kappa shape index (κ2) is 10.2. The minimum Gasteiger partial charge on any atom is -0.465 e. The van der Waals surface area contributed by atoms with Crippen LogP contribution in [-0.4, -0.2) is 24.6 Å². The normalized spacial score (nSPS) is 20.1. The molecule has 4 heteroatoms. The molecule has 0 radical (unpaired) electrons. The van der Waals surface area contributed by atoms with Gasteiger partial charge in [0.25, 0.3) is 0 Å². The van der Waals surface area contributed by atoms with Gasteiger partial charge in [-0.2, -0.15) is 0 Å². The van der Waals surface area contributed by atoms with E-state index in [2.05, 4.69) is 13.8 Å². The molecule has 1 saturated carbocycles. The van der Waals surface area contributed by atoms with Crippen LogP contribution in [0, 0.1) is 5.92 Å². The highest BCUT2D eigenvalue weighted by molar-refractivity contribution is 5.89. The van der Waals surface area contributed by atoms with Gasteiger partial charge in [0, 0.05) is 0 Å². The Labute approximate surface area is 150 Å². The van der Waals surface area contributed by atoms with Crippen molar-refractivity contribution in [3.63, 3.8) is 0 Å². The van der Waals surface area contributed by atoms with Crippen molar-refractivity contribution in [1.29, 1.82) is 0 Å². The van der Waals surface area contributed by atoms with Crippen molar-refractivity contribution in [3.05, 3.63) is 35.4 Å². The molecule has 25 heavy (non-hydrogen) atoms. The fraction of sp³-hybridized carbons (Fsp3) is 0.619. The molecule has 0 N–H and O–H groups in total. The summed E-state index contributed by atoms with van der Waals surface area (Å²) in [4.78, 5) is 24.7. The Morgan fingerprint density at radius 2 is 1.76 bits per heavy atom. The van der Waals surface area contributed by atoms with Crippen molar-refractivity contribution in [3.8, 4) is 0 Å². The number of benzene rings is 1. The summed E-state index contributed by atoms with van der Waals surface area (Å²) in [5.74, 6) is -0.889. The second-order valence-corrected chi connectivity index (χ2v) is 6.80. The van der Waals surface area contributed by atoms with Crippen LogP contribution in [0.3, 0.4) is 0 Å². The number of aryl methyl sites for hydroxylation is 1. The lowest BCUT2D eigenvalue weighted by molar-refractivity contribution is -0.154. The molecule has 1 aliphatic carbocycles. The van der Waals surface area contributed by atoms with Crippen LogP contribution >= 0.6 is 0 Å². The van der Waals surface area contributed by atoms with Crippen molar-refractivity contribution in [1.82, 2.24) is 0 Å². The molecule has 0 aromatic heterocycles. The lowest BCUT2D eigenvalue weighted by atomic mass is 9.86. The number of rotatable bonds is 8. The zero-order valence-electron chi connectivity index (χ0n) is 15.5. The van der Waals surface area contributed by atoms with Gasteiger partial charge in [-0.05, 0) is 49.8 Å². The molecule has 138 valence electrons. The third-order valence-corrected chi connectivity index (χ3v) is 4.73. The number of ether oxygens (including phenoxy) is 2. The van der Waals surface area contributed by atoms with Crippen molar-refractivity contribution in [2.45, 2.75) is 71.3 Å². The first-order valence-electron chi connectivity index (χ1n) is 9.62. The molecule has 2 rings (SSSR count). The van der Waals surface area contributed by atoms with Gasteiger partial charge in [-0.25, -0.2) is 4.79 Å². The van der Waals surface area contributed by atoms with Crippen LogP contribution in [0.2, 0.25) is 0 Å². The van der Waals surface area contributed by atoms with Gasteiger partial charge in [0.1, 0.15) is 6.10 Å². The topological polar surface area (TPSA) is 52.6 Å². The third-order valence-electron chi connectivity index (χ3n) is 4.73. The average Bonchev–Trinajstić information content (AvgIpc) is 2.63. The van der Waals surface area contributed by atoms with Crippen molar-refractivity contribution in [2.24, 2.45) is 5.92 Å². The van der Waals surface area contributed by atoms with Crippen LogP contribution in [0.4, 0.5) is 0 Å². The van der Waals surface area contributed by atoms with Crippen LogP contribution < -0.4 is 0 Å². The molecule has 0 bridgehead atoms. The highest BCUT2D eigenvalue weighted by Gasteiger charge is 2.35. The van der Waals surface area contributed by atoms with E-state index in [1.165, 1.54) is 5.56 Å². The molecule has 2 atom stereocenters. The van der Waals surface area contributed by atoms with E-state index in [9.17, 15) is 9.59 Å². The summed E-state index contributed by atoms with van der Waals surface area (Å²) in [7, 11) is 0. The zero-order chi connectivity index (χ0) is 18.1. The van der Waals surface area contributed by atoms with Gasteiger partial charge in [-0.1, -0.05) is 45.2 Å². The number of hydrogen-bond acceptors (Lipinski definition) is 4. The largest absolute Gasteiger partial charge is 0.465 e. The first-order valence-corrected chi connectivity index (χ1v) is 9.62. The highest BCUT2D eigenvalue weighted by atomic mass is 16.6. The molecule has 4 nitrogen and oxygen atoms in total. The van der Waals surface area contributed by atoms with Gasteiger partial charge in [-0.15, -0.1) is 0 Å². The maximum absolute atomic E-state index is 12.4. The molecule has 0 heterocycles. The molecule has 0 amide bonds. The fourth-order valence-electron chi connectivity index (χ4n) is 3.23. The quantitative estimate of drug-likeness (QED) is 0.506. The lowest BCUT2D eigenvalue weighted by Crippen LogP contribution is -2.36. The zero-order valence-corrected chi connectivity index (χ0v) is 15.5. The summed E-state index contributed by atoms with van der Waals surface area (Å²) in [6.45, 7) is 4.64. The molecule has 0 aliphatic heterocycles. The summed E-state index contributed by atoms with van der Waals surface area (Å²) in [5.41, 5.74) is 1.76. The third kappa shape index (κ3) is 5.87. The number of esters is 2. The molecule has 1 aliphatic rings. The summed E-state index contributed by atoms with van der Waals surface area (Å²) < 4.78 is 11.0. The summed E-state index contributed by atoms with van der Waals surface area (Å²) in [5, 5.41) is 0.